The van der Waals surface area contributed by atoms with Crippen molar-refractivity contribution in [3.8, 4) is 16.9 Å². The van der Waals surface area contributed by atoms with Gasteiger partial charge in [0.05, 0.1) is 24.6 Å². The minimum Gasteiger partial charge on any atom is -0.494 e. The first kappa shape index (κ1) is 12.3. The van der Waals surface area contributed by atoms with Crippen LogP contribution in [-0.4, -0.2) is 19.1 Å². The lowest BCUT2D eigenvalue weighted by Crippen LogP contribution is -1.99. The smallest absolute Gasteiger partial charge is 0.175 e. The Morgan fingerprint density at radius 1 is 1.22 bits per heavy atom. The van der Waals surface area contributed by atoms with Gasteiger partial charge in [0.25, 0.3) is 0 Å². The molecule has 0 saturated heterocycles. The number of rotatable bonds is 3. The number of nitrogens with one attached hydrogen (secondary N) is 1. The highest BCUT2D eigenvalue weighted by Gasteiger charge is 2.18. The van der Waals surface area contributed by atoms with Gasteiger partial charge < -0.3 is 10.1 Å². The van der Waals surface area contributed by atoms with Crippen LogP contribution in [0.25, 0.3) is 11.1 Å². The third-order valence-electron chi connectivity index (χ3n) is 2.64. The van der Waals surface area contributed by atoms with E-state index in [0.29, 0.717) is 11.3 Å². The zero-order valence-corrected chi connectivity index (χ0v) is 10.00. The van der Waals surface area contributed by atoms with Gasteiger partial charge in [-0.25, -0.2) is 8.78 Å². The minimum atomic E-state index is -0.722. The summed E-state index contributed by atoms with van der Waals surface area (Å²) in [6.07, 6.45) is 2.99. The molecule has 94 valence electrons. The molecule has 1 N–H and O–H groups in total. The zero-order valence-electron chi connectivity index (χ0n) is 10.00. The standard InChI is InChI=1S/C13H12F2N2O/c1-16-10-7-17-6-5-8(10)12-9(14)3-4-11(18-2)13(12)15/h3-7,16H,1-2H3. The Balaban J connectivity index is 2.70. The average Bonchev–Trinajstić information content (AvgIpc) is 2.39. The molecule has 0 atom stereocenters. The monoisotopic (exact) mass is 250 g/mol. The van der Waals surface area contributed by atoms with Crippen LogP contribution >= 0.6 is 0 Å². The number of ether oxygens (including phenoxy) is 1. The minimum absolute atomic E-state index is 0.00488. The summed E-state index contributed by atoms with van der Waals surface area (Å²) >= 11 is 0. The molecule has 5 heteroatoms. The maximum Gasteiger partial charge on any atom is 0.175 e. The van der Waals surface area contributed by atoms with Gasteiger partial charge in [0.15, 0.2) is 11.6 Å². The summed E-state index contributed by atoms with van der Waals surface area (Å²) in [5.41, 5.74) is 0.825. The summed E-state index contributed by atoms with van der Waals surface area (Å²) in [4.78, 5) is 3.90. The predicted octanol–water partition coefficient (Wildman–Crippen LogP) is 3.08. The van der Waals surface area contributed by atoms with E-state index in [0.717, 1.165) is 0 Å². The Bertz CT molecular complexity index is 573. The van der Waals surface area contributed by atoms with E-state index in [4.69, 9.17) is 4.74 Å². The zero-order chi connectivity index (χ0) is 13.1. The highest BCUT2D eigenvalue weighted by Crippen LogP contribution is 2.35. The molecular formula is C13H12F2N2O. The van der Waals surface area contributed by atoms with Crippen molar-refractivity contribution in [2.24, 2.45) is 0 Å². The third-order valence-corrected chi connectivity index (χ3v) is 2.64. The second-order valence-corrected chi connectivity index (χ2v) is 3.61. The van der Waals surface area contributed by atoms with Crippen LogP contribution in [-0.2, 0) is 0 Å². The molecule has 0 aliphatic rings. The first-order valence-electron chi connectivity index (χ1n) is 5.33. The van der Waals surface area contributed by atoms with E-state index in [9.17, 15) is 8.78 Å². The first-order valence-corrected chi connectivity index (χ1v) is 5.33. The number of nitrogens with zero attached hydrogens (tertiary/aromatic N) is 1. The second-order valence-electron chi connectivity index (χ2n) is 3.61. The fourth-order valence-corrected chi connectivity index (χ4v) is 1.75. The Hall–Kier alpha value is -2.17. The molecule has 0 aliphatic carbocycles. The molecule has 0 unspecified atom stereocenters. The van der Waals surface area contributed by atoms with Gasteiger partial charge in [-0.1, -0.05) is 0 Å². The fourth-order valence-electron chi connectivity index (χ4n) is 1.75. The number of hydrogen-bond acceptors (Lipinski definition) is 3. The van der Waals surface area contributed by atoms with E-state index in [1.54, 1.807) is 13.1 Å². The molecule has 0 bridgehead atoms. The largest absolute Gasteiger partial charge is 0.494 e. The van der Waals surface area contributed by atoms with Crippen molar-refractivity contribution in [3.05, 3.63) is 42.2 Å². The second kappa shape index (κ2) is 5.00. The summed E-state index contributed by atoms with van der Waals surface area (Å²) in [5, 5.41) is 2.85. The van der Waals surface area contributed by atoms with Gasteiger partial charge in [-0.3, -0.25) is 4.98 Å². The quantitative estimate of drug-likeness (QED) is 0.909. The van der Waals surface area contributed by atoms with Crippen molar-refractivity contribution < 1.29 is 13.5 Å². The van der Waals surface area contributed by atoms with Gasteiger partial charge in [-0.2, -0.15) is 0 Å². The topological polar surface area (TPSA) is 34.2 Å². The third kappa shape index (κ3) is 1.99. The number of benzene rings is 1. The normalized spacial score (nSPS) is 10.2. The highest BCUT2D eigenvalue weighted by atomic mass is 19.1. The Morgan fingerprint density at radius 2 is 2.00 bits per heavy atom. The maximum absolute atomic E-state index is 14.1. The molecule has 2 aromatic rings. The van der Waals surface area contributed by atoms with Crippen LogP contribution in [0.4, 0.5) is 14.5 Å². The number of aromatic nitrogens is 1. The molecule has 0 saturated carbocycles. The summed E-state index contributed by atoms with van der Waals surface area (Å²) < 4.78 is 32.8. The molecule has 0 aliphatic heterocycles. The molecule has 1 heterocycles. The molecule has 18 heavy (non-hydrogen) atoms. The van der Waals surface area contributed by atoms with Crippen molar-refractivity contribution >= 4 is 5.69 Å². The van der Waals surface area contributed by atoms with Crippen molar-refractivity contribution in [1.29, 1.82) is 0 Å². The van der Waals surface area contributed by atoms with E-state index in [2.05, 4.69) is 10.3 Å². The number of methoxy groups -OCH3 is 1. The summed E-state index contributed by atoms with van der Waals surface area (Å²) in [6, 6.07) is 3.98. The Labute approximate surface area is 103 Å². The average molecular weight is 250 g/mol. The summed E-state index contributed by atoms with van der Waals surface area (Å²) in [6.45, 7) is 0. The predicted molar refractivity (Wildman–Crippen MR) is 65.7 cm³/mol. The highest BCUT2D eigenvalue weighted by molar-refractivity contribution is 5.78. The van der Waals surface area contributed by atoms with E-state index >= 15 is 0 Å². The summed E-state index contributed by atoms with van der Waals surface area (Å²) in [5.74, 6) is -1.36. The number of halogens is 2. The van der Waals surface area contributed by atoms with Crippen LogP contribution in [0.15, 0.2) is 30.6 Å². The number of hydrogen-bond donors (Lipinski definition) is 1. The van der Waals surface area contributed by atoms with Crippen molar-refractivity contribution in [3.63, 3.8) is 0 Å². The number of pyridine rings is 1. The molecule has 3 nitrogen and oxygen atoms in total. The van der Waals surface area contributed by atoms with Crippen LogP contribution in [0.1, 0.15) is 0 Å². The molecule has 1 aromatic heterocycles. The first-order chi connectivity index (χ1) is 8.69. The van der Waals surface area contributed by atoms with Crippen LogP contribution < -0.4 is 10.1 Å². The van der Waals surface area contributed by atoms with Gasteiger partial charge in [0, 0.05) is 18.8 Å². The van der Waals surface area contributed by atoms with Crippen molar-refractivity contribution in [2.45, 2.75) is 0 Å². The van der Waals surface area contributed by atoms with E-state index in [-0.39, 0.29) is 11.3 Å². The Morgan fingerprint density at radius 3 is 2.67 bits per heavy atom. The lowest BCUT2D eigenvalue weighted by molar-refractivity contribution is 0.385. The van der Waals surface area contributed by atoms with Gasteiger partial charge in [-0.15, -0.1) is 0 Å². The van der Waals surface area contributed by atoms with E-state index < -0.39 is 11.6 Å². The SMILES string of the molecule is CNc1cnccc1-c1c(F)ccc(OC)c1F. The van der Waals surface area contributed by atoms with Gasteiger partial charge in [0.1, 0.15) is 5.82 Å². The molecule has 0 fully saturated rings. The van der Waals surface area contributed by atoms with Gasteiger partial charge in [-0.05, 0) is 18.2 Å². The molecule has 1 aromatic carbocycles. The van der Waals surface area contributed by atoms with Gasteiger partial charge in [0.2, 0.25) is 0 Å². The van der Waals surface area contributed by atoms with E-state index in [1.165, 1.54) is 31.6 Å². The molecule has 0 radical (unpaired) electrons. The fraction of sp³-hybridized carbons (Fsp3) is 0.154. The van der Waals surface area contributed by atoms with E-state index in [1.807, 2.05) is 0 Å². The van der Waals surface area contributed by atoms with Crippen LogP contribution in [0.2, 0.25) is 0 Å². The molecule has 0 spiro atoms. The van der Waals surface area contributed by atoms with Crippen molar-refractivity contribution in [1.82, 2.24) is 4.98 Å². The van der Waals surface area contributed by atoms with Crippen molar-refractivity contribution in [2.75, 3.05) is 19.5 Å². The Kier molecular flexibility index (Phi) is 3.41. The van der Waals surface area contributed by atoms with Gasteiger partial charge >= 0.3 is 0 Å². The maximum atomic E-state index is 14.1. The van der Waals surface area contributed by atoms with Crippen LogP contribution in [0.3, 0.4) is 0 Å². The lowest BCUT2D eigenvalue weighted by atomic mass is 10.0. The van der Waals surface area contributed by atoms with Crippen LogP contribution in [0.5, 0.6) is 5.75 Å². The molecule has 0 amide bonds. The molecular weight excluding hydrogens is 238 g/mol. The summed E-state index contributed by atoms with van der Waals surface area (Å²) in [7, 11) is 3.00. The lowest BCUT2D eigenvalue weighted by Gasteiger charge is -2.12. The number of anilines is 1. The molecule has 2 rings (SSSR count). The van der Waals surface area contributed by atoms with Crippen LogP contribution in [0, 0.1) is 11.6 Å².